The summed E-state index contributed by atoms with van der Waals surface area (Å²) in [5, 5.41) is 3.36. The number of halogens is 1. The Morgan fingerprint density at radius 1 is 1.25 bits per heavy atom. The predicted molar refractivity (Wildman–Crippen MR) is 84.2 cm³/mol. The Morgan fingerprint density at radius 2 is 1.95 bits per heavy atom. The maximum Gasteiger partial charge on any atom is 0.252 e. The van der Waals surface area contributed by atoms with Crippen LogP contribution in [0.1, 0.15) is 24.1 Å². The van der Waals surface area contributed by atoms with Crippen LogP contribution < -0.4 is 5.32 Å². The monoisotopic (exact) mass is 336 g/mol. The van der Waals surface area contributed by atoms with E-state index in [1.165, 1.54) is 11.3 Å². The average Bonchev–Trinajstić information content (AvgIpc) is 2.98. The van der Waals surface area contributed by atoms with Gasteiger partial charge in [-0.2, -0.15) is 4.31 Å². The minimum atomic E-state index is -3.26. The molecule has 114 valence electrons. The molecule has 0 radical (unpaired) electrons. The predicted octanol–water partition coefficient (Wildman–Crippen LogP) is 2.24. The maximum absolute atomic E-state index is 12.6. The molecule has 1 N–H and O–H groups in total. The van der Waals surface area contributed by atoms with Gasteiger partial charge >= 0.3 is 0 Å². The van der Waals surface area contributed by atoms with Gasteiger partial charge in [-0.05, 0) is 56.8 Å². The quantitative estimate of drug-likeness (QED) is 0.901. The topological polar surface area (TPSA) is 49.4 Å². The van der Waals surface area contributed by atoms with Gasteiger partial charge in [0.1, 0.15) is 4.21 Å². The molecule has 0 unspecified atom stereocenters. The minimum Gasteiger partial charge on any atom is -0.317 e. The summed E-state index contributed by atoms with van der Waals surface area (Å²) in [5.74, 6) is 0. The molecular formula is C13H21ClN2O2S2. The van der Waals surface area contributed by atoms with Crippen molar-refractivity contribution in [2.45, 2.75) is 30.4 Å². The average molecular weight is 337 g/mol. The van der Waals surface area contributed by atoms with Gasteiger partial charge in [-0.1, -0.05) is 0 Å². The number of nitrogens with one attached hydrogen (secondary N) is 1. The number of thiophene rings is 1. The minimum absolute atomic E-state index is 0. The first kappa shape index (κ1) is 16.2. The molecule has 1 aromatic rings. The largest absolute Gasteiger partial charge is 0.317 e. The van der Waals surface area contributed by atoms with Crippen molar-refractivity contribution in [3.63, 3.8) is 0 Å². The van der Waals surface area contributed by atoms with Crippen LogP contribution in [0.2, 0.25) is 0 Å². The Kier molecular flexibility index (Phi) is 4.81. The molecule has 1 spiro atoms. The maximum atomic E-state index is 12.6. The zero-order chi connectivity index (χ0) is 13.5. The van der Waals surface area contributed by atoms with Crippen LogP contribution in [0.5, 0.6) is 0 Å². The van der Waals surface area contributed by atoms with E-state index in [0.717, 1.165) is 37.2 Å². The number of hydrogen-bond acceptors (Lipinski definition) is 4. The van der Waals surface area contributed by atoms with Gasteiger partial charge in [0.15, 0.2) is 0 Å². The number of rotatable bonds is 2. The molecule has 2 aliphatic heterocycles. The molecule has 20 heavy (non-hydrogen) atoms. The van der Waals surface area contributed by atoms with Gasteiger partial charge in [0.05, 0.1) is 0 Å². The molecule has 4 nitrogen and oxygen atoms in total. The van der Waals surface area contributed by atoms with E-state index in [1.807, 2.05) is 13.0 Å². The first-order valence-corrected chi connectivity index (χ1v) is 9.05. The fourth-order valence-electron chi connectivity index (χ4n) is 3.14. The Labute approximate surface area is 131 Å². The highest BCUT2D eigenvalue weighted by molar-refractivity contribution is 7.91. The first-order chi connectivity index (χ1) is 9.02. The summed E-state index contributed by atoms with van der Waals surface area (Å²) < 4.78 is 27.4. The van der Waals surface area contributed by atoms with Gasteiger partial charge in [-0.3, -0.25) is 0 Å². The lowest BCUT2D eigenvalue weighted by molar-refractivity contribution is 0.218. The van der Waals surface area contributed by atoms with Crippen LogP contribution in [0, 0.1) is 12.3 Å². The van der Waals surface area contributed by atoms with E-state index in [4.69, 9.17) is 0 Å². The van der Waals surface area contributed by atoms with Crippen LogP contribution in [0.15, 0.2) is 16.3 Å². The number of hydrogen-bond donors (Lipinski definition) is 1. The highest BCUT2D eigenvalue weighted by Gasteiger charge is 2.43. The van der Waals surface area contributed by atoms with Crippen LogP contribution in [-0.2, 0) is 10.0 Å². The molecule has 2 fully saturated rings. The van der Waals surface area contributed by atoms with Crippen molar-refractivity contribution in [2.24, 2.45) is 5.41 Å². The number of sulfonamides is 1. The van der Waals surface area contributed by atoms with Gasteiger partial charge in [0.25, 0.3) is 10.0 Å². The third-order valence-electron chi connectivity index (χ3n) is 4.38. The van der Waals surface area contributed by atoms with Crippen LogP contribution in [-0.4, -0.2) is 38.9 Å². The fraction of sp³-hybridized carbons (Fsp3) is 0.692. The van der Waals surface area contributed by atoms with E-state index in [2.05, 4.69) is 5.32 Å². The zero-order valence-corrected chi connectivity index (χ0v) is 14.0. The van der Waals surface area contributed by atoms with E-state index in [-0.39, 0.29) is 17.8 Å². The molecule has 7 heteroatoms. The molecule has 2 saturated heterocycles. The summed E-state index contributed by atoms with van der Waals surface area (Å²) in [6, 6.07) is 3.62. The van der Waals surface area contributed by atoms with Crippen LogP contribution in [0.25, 0.3) is 0 Å². The van der Waals surface area contributed by atoms with Gasteiger partial charge in [-0.25, -0.2) is 8.42 Å². The van der Waals surface area contributed by atoms with E-state index >= 15 is 0 Å². The van der Waals surface area contributed by atoms with Gasteiger partial charge in [0, 0.05) is 18.0 Å². The second kappa shape index (κ2) is 5.93. The molecule has 0 amide bonds. The van der Waals surface area contributed by atoms with Crippen molar-refractivity contribution in [1.29, 1.82) is 0 Å². The number of piperidine rings is 1. The van der Waals surface area contributed by atoms with E-state index in [1.54, 1.807) is 10.4 Å². The van der Waals surface area contributed by atoms with E-state index < -0.39 is 10.0 Å². The number of nitrogens with zero attached hydrogens (tertiary/aromatic N) is 1. The van der Waals surface area contributed by atoms with E-state index in [9.17, 15) is 8.42 Å². The Hall–Kier alpha value is -0.140. The molecule has 0 bridgehead atoms. The van der Waals surface area contributed by atoms with Crippen molar-refractivity contribution < 1.29 is 8.42 Å². The second-order valence-corrected chi connectivity index (χ2v) is 9.16. The summed E-state index contributed by atoms with van der Waals surface area (Å²) in [6.07, 6.45) is 3.21. The summed E-state index contributed by atoms with van der Waals surface area (Å²) in [4.78, 5) is 1.05. The van der Waals surface area contributed by atoms with Gasteiger partial charge in [0.2, 0.25) is 0 Å². The molecule has 3 rings (SSSR count). The summed E-state index contributed by atoms with van der Waals surface area (Å²) >= 11 is 1.37. The normalized spacial score (nSPS) is 22.9. The van der Waals surface area contributed by atoms with Crippen molar-refractivity contribution in [1.82, 2.24) is 9.62 Å². The molecule has 0 atom stereocenters. The third kappa shape index (κ3) is 2.90. The van der Waals surface area contributed by atoms with Crippen LogP contribution >= 0.6 is 23.7 Å². The zero-order valence-electron chi connectivity index (χ0n) is 11.6. The second-order valence-electron chi connectivity index (χ2n) is 5.70. The highest BCUT2D eigenvalue weighted by Crippen LogP contribution is 2.41. The Balaban J connectivity index is 0.00000147. The molecule has 0 saturated carbocycles. The van der Waals surface area contributed by atoms with Crippen LogP contribution in [0.4, 0.5) is 0 Å². The summed E-state index contributed by atoms with van der Waals surface area (Å²) in [5.41, 5.74) is 0.227. The van der Waals surface area contributed by atoms with E-state index in [0.29, 0.717) is 17.3 Å². The molecule has 1 aromatic heterocycles. The van der Waals surface area contributed by atoms with Gasteiger partial charge in [-0.15, -0.1) is 23.7 Å². The van der Waals surface area contributed by atoms with Crippen LogP contribution in [0.3, 0.4) is 0 Å². The highest BCUT2D eigenvalue weighted by atomic mass is 35.5. The molecule has 0 aromatic carbocycles. The summed E-state index contributed by atoms with van der Waals surface area (Å²) in [6.45, 7) is 5.37. The van der Waals surface area contributed by atoms with Crippen molar-refractivity contribution >= 4 is 33.8 Å². The molecule has 3 heterocycles. The first-order valence-electron chi connectivity index (χ1n) is 6.79. The van der Waals surface area contributed by atoms with Crippen molar-refractivity contribution in [3.05, 3.63) is 17.0 Å². The fourth-order valence-corrected chi connectivity index (χ4v) is 6.13. The number of aryl methyl sites for hydroxylation is 1. The Bertz CT molecular complexity index is 565. The molecule has 2 aliphatic rings. The van der Waals surface area contributed by atoms with Crippen molar-refractivity contribution in [2.75, 3.05) is 26.2 Å². The standard InChI is InChI=1S/C13H20N2O2S2.ClH/c1-11-2-3-12(18-11)19(16,17)15-9-6-13(10-15)4-7-14-8-5-13;/h2-3,14H,4-10H2,1H3;1H. The molecule has 0 aliphatic carbocycles. The smallest absolute Gasteiger partial charge is 0.252 e. The third-order valence-corrected chi connectivity index (χ3v) is 7.69. The van der Waals surface area contributed by atoms with Gasteiger partial charge < -0.3 is 5.32 Å². The molecular weight excluding hydrogens is 316 g/mol. The Morgan fingerprint density at radius 3 is 2.55 bits per heavy atom. The summed E-state index contributed by atoms with van der Waals surface area (Å²) in [7, 11) is -3.26. The lowest BCUT2D eigenvalue weighted by atomic mass is 9.78. The SMILES string of the molecule is Cc1ccc(S(=O)(=O)N2CCC3(CCNCC3)C2)s1.Cl. The lowest BCUT2D eigenvalue weighted by Crippen LogP contribution is -2.39. The van der Waals surface area contributed by atoms with Crippen molar-refractivity contribution in [3.8, 4) is 0 Å². The lowest BCUT2D eigenvalue weighted by Gasteiger charge is -2.33.